The van der Waals surface area contributed by atoms with E-state index in [-0.39, 0.29) is 12.0 Å². The van der Waals surface area contributed by atoms with Crippen LogP contribution < -0.4 is 5.73 Å². The molecule has 0 bridgehead atoms. The number of hydrogen-bond acceptors (Lipinski definition) is 3. The summed E-state index contributed by atoms with van der Waals surface area (Å²) < 4.78 is 0. The van der Waals surface area contributed by atoms with Crippen LogP contribution in [-0.4, -0.2) is 22.7 Å². The molecule has 2 atom stereocenters. The molecular formula is C15H24N2O. The summed E-state index contributed by atoms with van der Waals surface area (Å²) in [6.45, 7) is 0.486. The number of nitrogens with two attached hydrogens (primary N) is 1. The van der Waals surface area contributed by atoms with Gasteiger partial charge in [-0.2, -0.15) is 0 Å². The molecule has 0 aliphatic heterocycles. The Morgan fingerprint density at radius 1 is 1.33 bits per heavy atom. The van der Waals surface area contributed by atoms with E-state index in [2.05, 4.69) is 4.98 Å². The van der Waals surface area contributed by atoms with Crippen molar-refractivity contribution < 1.29 is 5.11 Å². The van der Waals surface area contributed by atoms with Gasteiger partial charge in [-0.1, -0.05) is 38.2 Å². The van der Waals surface area contributed by atoms with E-state index in [0.29, 0.717) is 12.5 Å². The van der Waals surface area contributed by atoms with Crippen molar-refractivity contribution in [2.24, 2.45) is 11.7 Å². The maximum absolute atomic E-state index is 10.4. The third kappa shape index (κ3) is 3.53. The molecule has 100 valence electrons. The third-order valence-electron chi connectivity index (χ3n) is 4.13. The molecule has 1 saturated carbocycles. The zero-order chi connectivity index (χ0) is 12.8. The summed E-state index contributed by atoms with van der Waals surface area (Å²) in [6.07, 6.45) is 10.7. The SMILES string of the molecule is NCC(c1cccnc1)C(O)CC1CCCCC1. The maximum atomic E-state index is 10.4. The predicted molar refractivity (Wildman–Crippen MR) is 73.2 cm³/mol. The van der Waals surface area contributed by atoms with Crippen LogP contribution >= 0.6 is 0 Å². The van der Waals surface area contributed by atoms with Crippen LogP contribution in [0.25, 0.3) is 0 Å². The standard InChI is InChI=1S/C15H24N2O/c16-10-14(13-7-4-8-17-11-13)15(18)9-12-5-2-1-3-6-12/h4,7-8,11-12,14-15,18H,1-3,5-6,9-10,16H2. The summed E-state index contributed by atoms with van der Waals surface area (Å²) in [5, 5.41) is 10.4. The predicted octanol–water partition coefficient (Wildman–Crippen LogP) is 2.46. The Bertz CT molecular complexity index is 336. The van der Waals surface area contributed by atoms with Crippen LogP contribution in [0.5, 0.6) is 0 Å². The molecule has 2 unspecified atom stereocenters. The van der Waals surface area contributed by atoms with Crippen LogP contribution in [0.15, 0.2) is 24.5 Å². The first kappa shape index (κ1) is 13.5. The molecule has 1 fully saturated rings. The van der Waals surface area contributed by atoms with Gasteiger partial charge in [0.25, 0.3) is 0 Å². The van der Waals surface area contributed by atoms with E-state index in [1.54, 1.807) is 6.20 Å². The van der Waals surface area contributed by atoms with Crippen molar-refractivity contribution in [3.05, 3.63) is 30.1 Å². The van der Waals surface area contributed by atoms with E-state index in [4.69, 9.17) is 5.73 Å². The van der Waals surface area contributed by atoms with Gasteiger partial charge >= 0.3 is 0 Å². The minimum absolute atomic E-state index is 0.0284. The Labute approximate surface area is 109 Å². The Balaban J connectivity index is 1.94. The Morgan fingerprint density at radius 2 is 2.11 bits per heavy atom. The van der Waals surface area contributed by atoms with Gasteiger partial charge in [-0.3, -0.25) is 4.98 Å². The number of pyridine rings is 1. The molecule has 2 rings (SSSR count). The molecule has 18 heavy (non-hydrogen) atoms. The minimum Gasteiger partial charge on any atom is -0.392 e. The lowest BCUT2D eigenvalue weighted by Gasteiger charge is -2.28. The number of hydrogen-bond donors (Lipinski definition) is 2. The first-order valence-corrected chi connectivity index (χ1v) is 7.09. The number of nitrogens with zero attached hydrogens (tertiary/aromatic N) is 1. The maximum Gasteiger partial charge on any atom is 0.0624 e. The van der Waals surface area contributed by atoms with Crippen molar-refractivity contribution in [1.29, 1.82) is 0 Å². The van der Waals surface area contributed by atoms with Crippen molar-refractivity contribution in [1.82, 2.24) is 4.98 Å². The van der Waals surface area contributed by atoms with Gasteiger partial charge in [0, 0.05) is 24.9 Å². The molecule has 3 nitrogen and oxygen atoms in total. The van der Waals surface area contributed by atoms with Crippen LogP contribution in [0.1, 0.15) is 50.0 Å². The average molecular weight is 248 g/mol. The molecule has 0 saturated heterocycles. The van der Waals surface area contributed by atoms with Gasteiger partial charge in [0.15, 0.2) is 0 Å². The van der Waals surface area contributed by atoms with Crippen molar-refractivity contribution >= 4 is 0 Å². The summed E-state index contributed by atoms with van der Waals surface area (Å²) in [7, 11) is 0. The van der Waals surface area contributed by atoms with Crippen LogP contribution in [0.3, 0.4) is 0 Å². The highest BCUT2D eigenvalue weighted by molar-refractivity contribution is 5.16. The first-order chi connectivity index (χ1) is 8.81. The Morgan fingerprint density at radius 3 is 2.72 bits per heavy atom. The lowest BCUT2D eigenvalue weighted by atomic mass is 9.81. The van der Waals surface area contributed by atoms with E-state index in [9.17, 15) is 5.11 Å². The van der Waals surface area contributed by atoms with Crippen LogP contribution in [0.4, 0.5) is 0 Å². The van der Waals surface area contributed by atoms with Crippen LogP contribution in [-0.2, 0) is 0 Å². The molecule has 0 radical (unpaired) electrons. The first-order valence-electron chi connectivity index (χ1n) is 7.09. The molecule has 1 aromatic heterocycles. The van der Waals surface area contributed by atoms with Crippen molar-refractivity contribution in [2.75, 3.05) is 6.54 Å². The summed E-state index contributed by atoms with van der Waals surface area (Å²) in [5.74, 6) is 0.708. The molecule has 1 aliphatic rings. The molecule has 0 amide bonds. The van der Waals surface area contributed by atoms with Crippen molar-refractivity contribution in [3.63, 3.8) is 0 Å². The molecule has 1 aromatic rings. The van der Waals surface area contributed by atoms with Gasteiger partial charge in [-0.05, 0) is 24.0 Å². The highest BCUT2D eigenvalue weighted by atomic mass is 16.3. The summed E-state index contributed by atoms with van der Waals surface area (Å²) in [5.41, 5.74) is 6.88. The van der Waals surface area contributed by atoms with Gasteiger partial charge in [-0.15, -0.1) is 0 Å². The van der Waals surface area contributed by atoms with Gasteiger partial charge in [-0.25, -0.2) is 0 Å². The third-order valence-corrected chi connectivity index (χ3v) is 4.13. The zero-order valence-electron chi connectivity index (χ0n) is 11.0. The van der Waals surface area contributed by atoms with Gasteiger partial charge in [0.2, 0.25) is 0 Å². The molecule has 0 spiro atoms. The van der Waals surface area contributed by atoms with Crippen LogP contribution in [0, 0.1) is 5.92 Å². The van der Waals surface area contributed by atoms with Crippen molar-refractivity contribution in [2.45, 2.75) is 50.5 Å². The van der Waals surface area contributed by atoms with E-state index in [1.165, 1.54) is 32.1 Å². The molecule has 1 heterocycles. The number of aliphatic hydroxyl groups excluding tert-OH is 1. The van der Waals surface area contributed by atoms with Gasteiger partial charge in [0.1, 0.15) is 0 Å². The highest BCUT2D eigenvalue weighted by Gasteiger charge is 2.24. The van der Waals surface area contributed by atoms with Gasteiger partial charge in [0.05, 0.1) is 6.10 Å². The average Bonchev–Trinajstić information content (AvgIpc) is 2.42. The van der Waals surface area contributed by atoms with E-state index in [1.807, 2.05) is 18.3 Å². The summed E-state index contributed by atoms with van der Waals surface area (Å²) in [4.78, 5) is 4.12. The second-order valence-corrected chi connectivity index (χ2v) is 5.44. The van der Waals surface area contributed by atoms with E-state index in [0.717, 1.165) is 12.0 Å². The van der Waals surface area contributed by atoms with Gasteiger partial charge < -0.3 is 10.8 Å². The summed E-state index contributed by atoms with van der Waals surface area (Å²) >= 11 is 0. The highest BCUT2D eigenvalue weighted by Crippen LogP contribution is 2.31. The number of aliphatic hydroxyl groups is 1. The summed E-state index contributed by atoms with van der Waals surface area (Å²) in [6, 6.07) is 3.92. The second kappa shape index (κ2) is 6.86. The fourth-order valence-electron chi connectivity index (χ4n) is 3.04. The molecule has 0 aromatic carbocycles. The molecule has 3 heteroatoms. The second-order valence-electron chi connectivity index (χ2n) is 5.44. The zero-order valence-corrected chi connectivity index (χ0v) is 11.0. The Hall–Kier alpha value is -0.930. The molecule has 3 N–H and O–H groups in total. The smallest absolute Gasteiger partial charge is 0.0624 e. The lowest BCUT2D eigenvalue weighted by molar-refractivity contribution is 0.106. The van der Waals surface area contributed by atoms with E-state index < -0.39 is 0 Å². The quantitative estimate of drug-likeness (QED) is 0.841. The van der Waals surface area contributed by atoms with E-state index >= 15 is 0 Å². The number of aromatic nitrogens is 1. The Kier molecular flexibility index (Phi) is 5.14. The fourth-order valence-corrected chi connectivity index (χ4v) is 3.04. The fraction of sp³-hybridized carbons (Fsp3) is 0.667. The normalized spacial score (nSPS) is 20.6. The topological polar surface area (TPSA) is 59.1 Å². The monoisotopic (exact) mass is 248 g/mol. The largest absolute Gasteiger partial charge is 0.392 e. The van der Waals surface area contributed by atoms with Crippen molar-refractivity contribution in [3.8, 4) is 0 Å². The number of rotatable bonds is 5. The molecule has 1 aliphatic carbocycles. The van der Waals surface area contributed by atoms with Crippen LogP contribution in [0.2, 0.25) is 0 Å². The lowest BCUT2D eigenvalue weighted by Crippen LogP contribution is -2.28. The molecular weight excluding hydrogens is 224 g/mol. The minimum atomic E-state index is -0.331.